The fraction of sp³-hybridized carbons (Fsp3) is 0.375. The van der Waals surface area contributed by atoms with Crippen LogP contribution in [0.1, 0.15) is 50.7 Å². The van der Waals surface area contributed by atoms with Crippen molar-refractivity contribution in [1.29, 1.82) is 0 Å². The van der Waals surface area contributed by atoms with Crippen LogP contribution >= 0.6 is 0 Å². The lowest BCUT2D eigenvalue weighted by atomic mass is 10.0. The molecule has 1 aromatic carbocycles. The molecule has 0 radical (unpaired) electrons. The summed E-state index contributed by atoms with van der Waals surface area (Å²) in [5.74, 6) is 1.41. The molecule has 1 amide bonds. The monoisotopic (exact) mass is 405 g/mol. The van der Waals surface area contributed by atoms with E-state index < -0.39 is 0 Å². The van der Waals surface area contributed by atoms with Gasteiger partial charge in [-0.25, -0.2) is 9.97 Å². The summed E-state index contributed by atoms with van der Waals surface area (Å²) in [5.41, 5.74) is 3.36. The first-order valence-electron chi connectivity index (χ1n) is 10.5. The molecule has 0 unspecified atom stereocenters. The Kier molecular flexibility index (Phi) is 7.60. The summed E-state index contributed by atoms with van der Waals surface area (Å²) in [6.07, 6.45) is 9.37. The minimum Gasteiger partial charge on any atom is -0.340 e. The zero-order valence-corrected chi connectivity index (χ0v) is 18.1. The summed E-state index contributed by atoms with van der Waals surface area (Å²) in [4.78, 5) is 22.5. The number of nitrogens with zero attached hydrogens (tertiary/aromatic N) is 4. The van der Waals surface area contributed by atoms with Crippen LogP contribution in [0.4, 0.5) is 11.5 Å². The van der Waals surface area contributed by atoms with Gasteiger partial charge in [-0.05, 0) is 48.1 Å². The van der Waals surface area contributed by atoms with Gasteiger partial charge in [-0.3, -0.25) is 4.79 Å². The first kappa shape index (κ1) is 21.6. The molecule has 3 rings (SSSR count). The minimum absolute atomic E-state index is 0.0880. The van der Waals surface area contributed by atoms with Gasteiger partial charge >= 0.3 is 0 Å². The summed E-state index contributed by atoms with van der Waals surface area (Å²) in [6.45, 7) is 8.24. The third-order valence-corrected chi connectivity index (χ3v) is 5.15. The van der Waals surface area contributed by atoms with E-state index in [2.05, 4.69) is 58.0 Å². The Balaban J connectivity index is 1.50. The molecule has 3 aromatic rings. The highest BCUT2D eigenvalue weighted by atomic mass is 16.2. The van der Waals surface area contributed by atoms with Crippen molar-refractivity contribution in [3.8, 4) is 0 Å². The Morgan fingerprint density at radius 1 is 1.13 bits per heavy atom. The normalized spacial score (nSPS) is 10.9. The summed E-state index contributed by atoms with van der Waals surface area (Å²) in [6, 6.07) is 12.4. The van der Waals surface area contributed by atoms with Crippen LogP contribution in [0.15, 0.2) is 61.3 Å². The quantitative estimate of drug-likeness (QED) is 0.484. The van der Waals surface area contributed by atoms with E-state index in [-0.39, 0.29) is 5.91 Å². The fourth-order valence-electron chi connectivity index (χ4n) is 3.28. The average Bonchev–Trinajstić information content (AvgIpc) is 3.25. The van der Waals surface area contributed by atoms with Gasteiger partial charge in [-0.2, -0.15) is 0 Å². The maximum absolute atomic E-state index is 12.0. The van der Waals surface area contributed by atoms with Gasteiger partial charge in [0.2, 0.25) is 5.91 Å². The molecule has 2 heterocycles. The van der Waals surface area contributed by atoms with E-state index in [1.54, 1.807) is 13.1 Å². The van der Waals surface area contributed by atoms with Gasteiger partial charge in [0.25, 0.3) is 0 Å². The number of nitrogens with one attached hydrogen (secondary N) is 1. The molecule has 0 saturated heterocycles. The lowest BCUT2D eigenvalue weighted by Crippen LogP contribution is -2.29. The Hall–Kier alpha value is -3.15. The minimum atomic E-state index is 0.0880. The molecule has 6 heteroatoms. The highest BCUT2D eigenvalue weighted by Gasteiger charge is 2.10. The number of amides is 1. The van der Waals surface area contributed by atoms with Crippen LogP contribution < -0.4 is 5.32 Å². The van der Waals surface area contributed by atoms with E-state index in [0.717, 1.165) is 43.0 Å². The first-order valence-corrected chi connectivity index (χ1v) is 10.5. The molecule has 0 aliphatic rings. The molecule has 0 spiro atoms. The average molecular weight is 406 g/mol. The second-order valence-electron chi connectivity index (χ2n) is 7.90. The number of carbonyl (C=O) groups is 1. The summed E-state index contributed by atoms with van der Waals surface area (Å²) in [5, 5.41) is 3.33. The largest absolute Gasteiger partial charge is 0.340 e. The Labute approximate surface area is 179 Å². The van der Waals surface area contributed by atoms with Crippen molar-refractivity contribution in [3.63, 3.8) is 0 Å². The maximum Gasteiger partial charge on any atom is 0.219 e. The lowest BCUT2D eigenvalue weighted by Gasteiger charge is -2.21. The highest BCUT2D eigenvalue weighted by molar-refractivity contribution is 5.73. The Morgan fingerprint density at radius 3 is 2.53 bits per heavy atom. The molecule has 30 heavy (non-hydrogen) atoms. The van der Waals surface area contributed by atoms with Gasteiger partial charge < -0.3 is 14.8 Å². The zero-order valence-electron chi connectivity index (χ0n) is 18.1. The number of benzene rings is 1. The second kappa shape index (κ2) is 10.6. The fourth-order valence-corrected chi connectivity index (χ4v) is 3.28. The van der Waals surface area contributed by atoms with Crippen molar-refractivity contribution in [1.82, 2.24) is 19.4 Å². The van der Waals surface area contributed by atoms with E-state index in [4.69, 9.17) is 0 Å². The van der Waals surface area contributed by atoms with Gasteiger partial charge in [-0.1, -0.05) is 32.0 Å². The van der Waals surface area contributed by atoms with Crippen LogP contribution in [0.25, 0.3) is 0 Å². The van der Waals surface area contributed by atoms with Gasteiger partial charge in [0.15, 0.2) is 0 Å². The van der Waals surface area contributed by atoms with Gasteiger partial charge in [0.1, 0.15) is 5.82 Å². The van der Waals surface area contributed by atoms with E-state index in [9.17, 15) is 4.79 Å². The lowest BCUT2D eigenvalue weighted by molar-refractivity contribution is -0.129. The van der Waals surface area contributed by atoms with Crippen LogP contribution in [0.5, 0.6) is 0 Å². The maximum atomic E-state index is 12.0. The Bertz CT molecular complexity index is 902. The highest BCUT2D eigenvalue weighted by Crippen LogP contribution is 2.20. The second-order valence-corrected chi connectivity index (χ2v) is 7.90. The zero-order chi connectivity index (χ0) is 21.3. The number of aryl methyl sites for hydroxylation is 1. The molecule has 0 atom stereocenters. The molecule has 158 valence electrons. The number of unbranched alkanes of at least 4 members (excludes halogenated alkanes) is 1. The Morgan fingerprint density at radius 2 is 1.93 bits per heavy atom. The van der Waals surface area contributed by atoms with Crippen molar-refractivity contribution in [3.05, 3.63) is 72.4 Å². The number of imidazole rings is 1. The number of rotatable bonds is 10. The molecule has 0 saturated carbocycles. The van der Waals surface area contributed by atoms with Crippen LogP contribution in [0.3, 0.4) is 0 Å². The van der Waals surface area contributed by atoms with E-state index in [0.29, 0.717) is 12.5 Å². The standard InChI is InChI=1S/C24H31N5O/c1-19(2)22-7-9-23(10-8-22)27-24-11-6-21(16-26-24)17-29(20(3)30)14-5-4-13-28-15-12-25-18-28/h6-12,15-16,18-19H,4-5,13-14,17H2,1-3H3,(H,26,27). The number of hydrogen-bond donors (Lipinski definition) is 1. The van der Waals surface area contributed by atoms with E-state index in [1.807, 2.05) is 35.8 Å². The number of hydrogen-bond acceptors (Lipinski definition) is 4. The molecular formula is C24H31N5O. The van der Waals surface area contributed by atoms with E-state index >= 15 is 0 Å². The molecule has 1 N–H and O–H groups in total. The third kappa shape index (κ3) is 6.44. The molecule has 0 aliphatic heterocycles. The molecule has 0 bridgehead atoms. The number of anilines is 2. The third-order valence-electron chi connectivity index (χ3n) is 5.15. The summed E-state index contributed by atoms with van der Waals surface area (Å²) < 4.78 is 2.06. The molecule has 2 aromatic heterocycles. The van der Waals surface area contributed by atoms with Crippen LogP contribution in [0.2, 0.25) is 0 Å². The van der Waals surface area contributed by atoms with Gasteiger partial charge in [0, 0.05) is 50.8 Å². The first-order chi connectivity index (χ1) is 14.5. The van der Waals surface area contributed by atoms with Crippen LogP contribution in [-0.4, -0.2) is 31.9 Å². The molecular weight excluding hydrogens is 374 g/mol. The van der Waals surface area contributed by atoms with Gasteiger partial charge in [-0.15, -0.1) is 0 Å². The van der Waals surface area contributed by atoms with Gasteiger partial charge in [0.05, 0.1) is 6.33 Å². The SMILES string of the molecule is CC(=O)N(CCCCn1ccnc1)Cc1ccc(Nc2ccc(C(C)C)cc2)nc1. The predicted molar refractivity (Wildman–Crippen MR) is 121 cm³/mol. The summed E-state index contributed by atoms with van der Waals surface area (Å²) >= 11 is 0. The van der Waals surface area contributed by atoms with Crippen molar-refractivity contribution < 1.29 is 4.79 Å². The van der Waals surface area contributed by atoms with Crippen LogP contribution in [0, 0.1) is 0 Å². The predicted octanol–water partition coefficient (Wildman–Crippen LogP) is 4.97. The number of carbonyl (C=O) groups excluding carboxylic acids is 1. The number of aromatic nitrogens is 3. The van der Waals surface area contributed by atoms with Crippen molar-refractivity contribution >= 4 is 17.4 Å². The van der Waals surface area contributed by atoms with Crippen molar-refractivity contribution in [2.45, 2.75) is 52.6 Å². The van der Waals surface area contributed by atoms with Crippen molar-refractivity contribution in [2.75, 3.05) is 11.9 Å². The summed E-state index contributed by atoms with van der Waals surface area (Å²) in [7, 11) is 0. The molecule has 6 nitrogen and oxygen atoms in total. The number of pyridine rings is 1. The van der Waals surface area contributed by atoms with E-state index in [1.165, 1.54) is 5.56 Å². The molecule has 0 aliphatic carbocycles. The molecule has 0 fully saturated rings. The van der Waals surface area contributed by atoms with Crippen LogP contribution in [-0.2, 0) is 17.9 Å². The smallest absolute Gasteiger partial charge is 0.219 e. The topological polar surface area (TPSA) is 63.1 Å². The van der Waals surface area contributed by atoms with Crippen molar-refractivity contribution in [2.24, 2.45) is 0 Å².